The zero-order valence-electron chi connectivity index (χ0n) is 11.4. The van der Waals surface area contributed by atoms with Gasteiger partial charge in [0.05, 0.1) is 5.69 Å². The normalized spacial score (nSPS) is 16.0. The largest absolute Gasteiger partial charge is 0.389 e. The van der Waals surface area contributed by atoms with Gasteiger partial charge in [-0.25, -0.2) is 4.39 Å². The first-order valence-corrected chi connectivity index (χ1v) is 6.99. The third-order valence-electron chi connectivity index (χ3n) is 3.48. The van der Waals surface area contributed by atoms with Crippen molar-refractivity contribution in [2.45, 2.75) is 25.8 Å². The first-order valence-electron chi connectivity index (χ1n) is 6.59. The van der Waals surface area contributed by atoms with Crippen molar-refractivity contribution in [3.05, 3.63) is 29.6 Å². The molecule has 1 fully saturated rings. The molecule has 0 bridgehead atoms. The van der Waals surface area contributed by atoms with E-state index in [1.807, 2.05) is 4.90 Å². The van der Waals surface area contributed by atoms with Crippen molar-refractivity contribution < 1.29 is 9.18 Å². The molecule has 1 amide bonds. The van der Waals surface area contributed by atoms with Crippen LogP contribution < -0.4 is 16.0 Å². The van der Waals surface area contributed by atoms with Gasteiger partial charge in [0.1, 0.15) is 10.8 Å². The van der Waals surface area contributed by atoms with Gasteiger partial charge in [0.25, 0.3) is 0 Å². The van der Waals surface area contributed by atoms with Crippen molar-refractivity contribution in [2.75, 3.05) is 18.0 Å². The third-order valence-corrected chi connectivity index (χ3v) is 3.71. The van der Waals surface area contributed by atoms with Gasteiger partial charge in [0, 0.05) is 31.6 Å². The number of carbonyl (C=O) groups is 1. The Balaban J connectivity index is 2.03. The van der Waals surface area contributed by atoms with Gasteiger partial charge in [-0.1, -0.05) is 12.2 Å². The summed E-state index contributed by atoms with van der Waals surface area (Å²) in [6, 6.07) is 5.00. The molecule has 0 spiro atoms. The van der Waals surface area contributed by atoms with Crippen LogP contribution >= 0.6 is 12.2 Å². The van der Waals surface area contributed by atoms with Gasteiger partial charge in [-0.15, -0.1) is 0 Å². The fourth-order valence-electron chi connectivity index (χ4n) is 2.47. The minimum atomic E-state index is -0.312. The highest BCUT2D eigenvalue weighted by molar-refractivity contribution is 7.80. The standard InChI is InChI=1S/C14H18FN3OS/c1-9(19)17-11-4-6-18(7-5-11)13-3-2-10(14(16)20)8-12(13)15/h2-3,8,11H,4-7H2,1H3,(H2,16,20)(H,17,19). The number of nitrogens with two attached hydrogens (primary N) is 1. The van der Waals surface area contributed by atoms with Crippen molar-refractivity contribution in [1.82, 2.24) is 5.32 Å². The summed E-state index contributed by atoms with van der Waals surface area (Å²) in [6.45, 7) is 2.95. The van der Waals surface area contributed by atoms with Crippen LogP contribution in [0.15, 0.2) is 18.2 Å². The number of benzene rings is 1. The van der Waals surface area contributed by atoms with Crippen LogP contribution in [0.5, 0.6) is 0 Å². The molecule has 0 radical (unpaired) electrons. The number of thiocarbonyl (C=S) groups is 1. The molecule has 6 heteroatoms. The molecule has 1 aliphatic rings. The number of halogens is 1. The molecule has 0 atom stereocenters. The molecule has 1 aromatic carbocycles. The lowest BCUT2D eigenvalue weighted by atomic mass is 10.0. The van der Waals surface area contributed by atoms with Crippen LogP contribution in [0.4, 0.5) is 10.1 Å². The van der Waals surface area contributed by atoms with Crippen molar-refractivity contribution >= 4 is 28.8 Å². The Labute approximate surface area is 123 Å². The van der Waals surface area contributed by atoms with E-state index in [1.165, 1.54) is 13.0 Å². The number of hydrogen-bond acceptors (Lipinski definition) is 3. The summed E-state index contributed by atoms with van der Waals surface area (Å²) in [6.07, 6.45) is 1.63. The molecular weight excluding hydrogens is 277 g/mol. The lowest BCUT2D eigenvalue weighted by Crippen LogP contribution is -2.44. The molecule has 4 nitrogen and oxygen atoms in total. The summed E-state index contributed by atoms with van der Waals surface area (Å²) in [7, 11) is 0. The first kappa shape index (κ1) is 14.7. The van der Waals surface area contributed by atoms with E-state index in [4.69, 9.17) is 18.0 Å². The SMILES string of the molecule is CC(=O)NC1CCN(c2ccc(C(N)=S)cc2F)CC1. The fraction of sp³-hybridized carbons (Fsp3) is 0.429. The zero-order chi connectivity index (χ0) is 14.7. The molecule has 1 aromatic rings. The van der Waals surface area contributed by atoms with Gasteiger partial charge >= 0.3 is 0 Å². The van der Waals surface area contributed by atoms with E-state index >= 15 is 0 Å². The average molecular weight is 295 g/mol. The number of carbonyl (C=O) groups excluding carboxylic acids is 1. The molecule has 20 heavy (non-hydrogen) atoms. The van der Waals surface area contributed by atoms with Crippen molar-refractivity contribution in [2.24, 2.45) is 5.73 Å². The molecule has 2 rings (SSSR count). The molecule has 0 aromatic heterocycles. The summed E-state index contributed by atoms with van der Waals surface area (Å²) in [5.41, 5.74) is 6.58. The lowest BCUT2D eigenvalue weighted by molar-refractivity contribution is -0.119. The van der Waals surface area contributed by atoms with Crippen molar-refractivity contribution in [3.63, 3.8) is 0 Å². The molecular formula is C14H18FN3OS. The average Bonchev–Trinajstić information content (AvgIpc) is 2.39. The minimum Gasteiger partial charge on any atom is -0.389 e. The van der Waals surface area contributed by atoms with Crippen LogP contribution in [-0.4, -0.2) is 30.0 Å². The van der Waals surface area contributed by atoms with Gasteiger partial charge < -0.3 is 16.0 Å². The highest BCUT2D eigenvalue weighted by Crippen LogP contribution is 2.24. The smallest absolute Gasteiger partial charge is 0.217 e. The molecule has 1 heterocycles. The number of hydrogen-bond donors (Lipinski definition) is 2. The maximum absolute atomic E-state index is 14.1. The molecule has 1 aliphatic heterocycles. The molecule has 0 unspecified atom stereocenters. The Hall–Kier alpha value is -1.69. The van der Waals surface area contributed by atoms with E-state index in [0.29, 0.717) is 24.3 Å². The summed E-state index contributed by atoms with van der Waals surface area (Å²) < 4.78 is 14.1. The molecule has 0 saturated carbocycles. The Morgan fingerprint density at radius 2 is 2.10 bits per heavy atom. The highest BCUT2D eigenvalue weighted by atomic mass is 32.1. The monoisotopic (exact) mass is 295 g/mol. The second kappa shape index (κ2) is 6.17. The van der Waals surface area contributed by atoms with Gasteiger partial charge in [-0.05, 0) is 31.0 Å². The van der Waals surface area contributed by atoms with E-state index in [2.05, 4.69) is 5.32 Å². The van der Waals surface area contributed by atoms with E-state index in [0.717, 1.165) is 12.8 Å². The second-order valence-electron chi connectivity index (χ2n) is 4.99. The van der Waals surface area contributed by atoms with Crippen LogP contribution in [-0.2, 0) is 4.79 Å². The Kier molecular flexibility index (Phi) is 4.54. The topological polar surface area (TPSA) is 58.4 Å². The first-order chi connectivity index (χ1) is 9.47. The predicted molar refractivity (Wildman–Crippen MR) is 81.3 cm³/mol. The Morgan fingerprint density at radius 3 is 2.60 bits per heavy atom. The van der Waals surface area contributed by atoms with Gasteiger partial charge in [-0.2, -0.15) is 0 Å². The second-order valence-corrected chi connectivity index (χ2v) is 5.43. The summed E-state index contributed by atoms with van der Waals surface area (Å²) >= 11 is 4.83. The number of nitrogens with one attached hydrogen (secondary N) is 1. The fourth-order valence-corrected chi connectivity index (χ4v) is 2.60. The predicted octanol–water partition coefficient (Wildman–Crippen LogP) is 1.56. The molecule has 1 saturated heterocycles. The number of anilines is 1. The maximum Gasteiger partial charge on any atom is 0.217 e. The van der Waals surface area contributed by atoms with Crippen LogP contribution in [0.1, 0.15) is 25.3 Å². The van der Waals surface area contributed by atoms with E-state index in [-0.39, 0.29) is 22.8 Å². The van der Waals surface area contributed by atoms with Gasteiger partial charge in [0.2, 0.25) is 5.91 Å². The minimum absolute atomic E-state index is 0.0181. The number of amides is 1. The Morgan fingerprint density at radius 1 is 1.45 bits per heavy atom. The van der Waals surface area contributed by atoms with Crippen LogP contribution in [0.2, 0.25) is 0 Å². The number of rotatable bonds is 3. The third kappa shape index (κ3) is 3.45. The lowest BCUT2D eigenvalue weighted by Gasteiger charge is -2.34. The van der Waals surface area contributed by atoms with Crippen LogP contribution in [0.25, 0.3) is 0 Å². The number of nitrogens with zero attached hydrogens (tertiary/aromatic N) is 1. The zero-order valence-corrected chi connectivity index (χ0v) is 12.2. The quantitative estimate of drug-likeness (QED) is 0.831. The van der Waals surface area contributed by atoms with Gasteiger partial charge in [-0.3, -0.25) is 4.79 Å². The number of piperidine rings is 1. The van der Waals surface area contributed by atoms with Crippen molar-refractivity contribution in [1.29, 1.82) is 0 Å². The van der Waals surface area contributed by atoms with Crippen LogP contribution in [0.3, 0.4) is 0 Å². The summed E-state index contributed by atoms with van der Waals surface area (Å²) in [5, 5.41) is 2.90. The van der Waals surface area contributed by atoms with E-state index in [1.54, 1.807) is 12.1 Å². The van der Waals surface area contributed by atoms with E-state index in [9.17, 15) is 9.18 Å². The maximum atomic E-state index is 14.1. The van der Waals surface area contributed by atoms with Crippen LogP contribution in [0, 0.1) is 5.82 Å². The van der Waals surface area contributed by atoms with Gasteiger partial charge in [0.15, 0.2) is 0 Å². The highest BCUT2D eigenvalue weighted by Gasteiger charge is 2.21. The Bertz CT molecular complexity index is 527. The molecule has 3 N–H and O–H groups in total. The molecule has 0 aliphatic carbocycles. The molecule has 108 valence electrons. The summed E-state index contributed by atoms with van der Waals surface area (Å²) in [4.78, 5) is 13.2. The van der Waals surface area contributed by atoms with Crippen molar-refractivity contribution in [3.8, 4) is 0 Å². The van der Waals surface area contributed by atoms with E-state index < -0.39 is 0 Å². The summed E-state index contributed by atoms with van der Waals surface area (Å²) in [5.74, 6) is -0.330.